The number of quaternary nitrogens is 1. The Morgan fingerprint density at radius 1 is 0.739 bits per heavy atom. The average molecular weight is 673 g/mol. The number of nitrogens with zero attached hydrogens (tertiary/aromatic N) is 1. The van der Waals surface area contributed by atoms with Crippen molar-refractivity contribution in [1.82, 2.24) is 0 Å². The summed E-state index contributed by atoms with van der Waals surface area (Å²) < 4.78 is 29.1. The maximum atomic E-state index is 13.2. The van der Waals surface area contributed by atoms with Crippen molar-refractivity contribution in [3.8, 4) is 0 Å². The molecule has 0 saturated heterocycles. The third-order valence-electron chi connectivity index (χ3n) is 7.43. The van der Waals surface area contributed by atoms with Crippen molar-refractivity contribution >= 4 is 19.6 Å². The van der Waals surface area contributed by atoms with Crippen molar-refractivity contribution < 1.29 is 42.4 Å². The molecule has 268 valence electrons. The SMILES string of the molecule is CCCCCC=CCC=CCC=CCCCCC(=O)C(OP(=O)(O)OCC[N+](C)(C)C)[C@H](CO)OC(=O)CCCCCCCCC. The Bertz CT molecular complexity index is 912. The number of aliphatic hydroxyl groups excluding tert-OH is 1. The zero-order valence-electron chi connectivity index (χ0n) is 29.7. The zero-order chi connectivity index (χ0) is 34.5. The highest BCUT2D eigenvalue weighted by Crippen LogP contribution is 2.45. The van der Waals surface area contributed by atoms with E-state index < -0.39 is 38.4 Å². The number of phosphoric ester groups is 1. The van der Waals surface area contributed by atoms with Crippen LogP contribution in [-0.4, -0.2) is 79.3 Å². The van der Waals surface area contributed by atoms with Crippen LogP contribution in [0.4, 0.5) is 0 Å². The van der Waals surface area contributed by atoms with E-state index in [1.165, 1.54) is 38.5 Å². The highest BCUT2D eigenvalue weighted by atomic mass is 31.2. The fraction of sp³-hybridized carbons (Fsp3) is 0.778. The molecule has 0 aromatic carbocycles. The minimum absolute atomic E-state index is 0.0493. The molecule has 0 aromatic heterocycles. The predicted molar refractivity (Wildman–Crippen MR) is 187 cm³/mol. The molecule has 0 heterocycles. The van der Waals surface area contributed by atoms with Crippen LogP contribution in [0.5, 0.6) is 0 Å². The fourth-order valence-electron chi connectivity index (χ4n) is 4.58. The largest absolute Gasteiger partial charge is 0.473 e. The van der Waals surface area contributed by atoms with Crippen LogP contribution in [0.15, 0.2) is 36.5 Å². The van der Waals surface area contributed by atoms with Gasteiger partial charge in [-0.2, -0.15) is 0 Å². The molecule has 0 amide bonds. The van der Waals surface area contributed by atoms with Crippen LogP contribution in [0.1, 0.15) is 129 Å². The van der Waals surface area contributed by atoms with Crippen molar-refractivity contribution in [3.63, 3.8) is 0 Å². The van der Waals surface area contributed by atoms with Gasteiger partial charge in [0, 0.05) is 12.8 Å². The minimum atomic E-state index is -4.67. The number of likely N-dealkylation sites (N-methyl/N-ethyl adjacent to an activating group) is 1. The van der Waals surface area contributed by atoms with Crippen LogP contribution >= 0.6 is 7.82 Å². The van der Waals surface area contributed by atoms with E-state index in [0.29, 0.717) is 23.9 Å². The lowest BCUT2D eigenvalue weighted by atomic mass is 10.0. The molecular formula is C36H67NO8P+. The first kappa shape index (κ1) is 44.4. The van der Waals surface area contributed by atoms with E-state index in [4.69, 9.17) is 13.8 Å². The Morgan fingerprint density at radius 2 is 1.24 bits per heavy atom. The summed E-state index contributed by atoms with van der Waals surface area (Å²) in [6.07, 6.45) is 26.1. The van der Waals surface area contributed by atoms with Gasteiger partial charge in [0.15, 0.2) is 18.0 Å². The van der Waals surface area contributed by atoms with Crippen molar-refractivity contribution in [1.29, 1.82) is 0 Å². The minimum Gasteiger partial charge on any atom is -0.457 e. The summed E-state index contributed by atoms with van der Waals surface area (Å²) >= 11 is 0. The van der Waals surface area contributed by atoms with Crippen molar-refractivity contribution in [2.45, 2.75) is 142 Å². The van der Waals surface area contributed by atoms with Crippen LogP contribution in [0.2, 0.25) is 0 Å². The van der Waals surface area contributed by atoms with Crippen molar-refractivity contribution in [2.24, 2.45) is 0 Å². The molecule has 0 spiro atoms. The Balaban J connectivity index is 4.91. The van der Waals surface area contributed by atoms with Crippen LogP contribution < -0.4 is 0 Å². The highest BCUT2D eigenvalue weighted by Gasteiger charge is 2.38. The molecule has 0 rings (SSSR count). The number of hydrogen-bond acceptors (Lipinski definition) is 7. The van der Waals surface area contributed by atoms with E-state index in [2.05, 4.69) is 50.3 Å². The molecule has 0 aliphatic heterocycles. The fourth-order valence-corrected chi connectivity index (χ4v) is 5.49. The predicted octanol–water partition coefficient (Wildman–Crippen LogP) is 8.40. The molecule has 0 fully saturated rings. The van der Waals surface area contributed by atoms with Gasteiger partial charge in [-0.15, -0.1) is 0 Å². The number of ether oxygens (including phenoxy) is 1. The Morgan fingerprint density at radius 3 is 1.80 bits per heavy atom. The first-order chi connectivity index (χ1) is 22.0. The molecule has 0 bridgehead atoms. The number of rotatable bonds is 31. The third kappa shape index (κ3) is 27.5. The summed E-state index contributed by atoms with van der Waals surface area (Å²) in [5.41, 5.74) is 0. The van der Waals surface area contributed by atoms with Gasteiger partial charge < -0.3 is 19.2 Å². The molecule has 46 heavy (non-hydrogen) atoms. The number of ketones is 1. The van der Waals surface area contributed by atoms with E-state index in [0.717, 1.165) is 51.4 Å². The summed E-state index contributed by atoms with van der Waals surface area (Å²) in [5.74, 6) is -1.09. The lowest BCUT2D eigenvalue weighted by molar-refractivity contribution is -0.870. The van der Waals surface area contributed by atoms with Gasteiger partial charge in [-0.1, -0.05) is 102 Å². The molecule has 10 heteroatoms. The van der Waals surface area contributed by atoms with Gasteiger partial charge in [0.25, 0.3) is 0 Å². The molecule has 3 atom stereocenters. The topological polar surface area (TPSA) is 119 Å². The van der Waals surface area contributed by atoms with Gasteiger partial charge in [0.2, 0.25) is 0 Å². The third-order valence-corrected chi connectivity index (χ3v) is 8.43. The zero-order valence-corrected chi connectivity index (χ0v) is 30.6. The molecule has 2 N–H and O–H groups in total. The first-order valence-electron chi connectivity index (χ1n) is 17.7. The number of unbranched alkanes of at least 4 members (excludes halogenated alkanes) is 11. The van der Waals surface area contributed by atoms with Gasteiger partial charge >= 0.3 is 13.8 Å². The normalized spacial score (nSPS) is 15.1. The van der Waals surface area contributed by atoms with Crippen molar-refractivity contribution in [3.05, 3.63) is 36.5 Å². The van der Waals surface area contributed by atoms with Gasteiger partial charge in [0.05, 0.1) is 27.7 Å². The molecule has 2 unspecified atom stereocenters. The molecular weight excluding hydrogens is 605 g/mol. The van der Waals surface area contributed by atoms with Crippen LogP contribution in [0.25, 0.3) is 0 Å². The standard InChI is InChI=1S/C36H66NO8P/c1-6-8-10-12-14-15-16-17-18-19-20-21-23-24-26-28-33(39)36(45-46(41,42)43-31-30-37(3,4)5)34(32-38)44-35(40)29-27-25-22-13-11-9-7-2/h14-15,17-18,20-21,34,36,38H,6-13,16,19,22-32H2,1-5H3/p+1/t34-,36?/m0/s1. The summed E-state index contributed by atoms with van der Waals surface area (Å²) in [5, 5.41) is 10.0. The highest BCUT2D eigenvalue weighted by molar-refractivity contribution is 7.47. The summed E-state index contributed by atoms with van der Waals surface area (Å²) in [4.78, 5) is 36.1. The number of carbonyl (C=O) groups is 2. The van der Waals surface area contributed by atoms with Gasteiger partial charge in [-0.3, -0.25) is 18.6 Å². The Labute approximate surface area is 280 Å². The maximum Gasteiger partial charge on any atom is 0.473 e. The maximum absolute atomic E-state index is 13.2. The first-order valence-corrected chi connectivity index (χ1v) is 19.2. The molecule has 0 radical (unpaired) electrons. The second-order valence-corrected chi connectivity index (χ2v) is 14.4. The van der Waals surface area contributed by atoms with Crippen LogP contribution in [-0.2, 0) is 27.9 Å². The van der Waals surface area contributed by atoms with E-state index in [-0.39, 0.29) is 19.4 Å². The molecule has 0 aromatic rings. The number of hydrogen-bond donors (Lipinski definition) is 2. The number of aliphatic hydroxyl groups is 1. The van der Waals surface area contributed by atoms with Gasteiger partial charge in [0.1, 0.15) is 13.2 Å². The average Bonchev–Trinajstić information content (AvgIpc) is 2.99. The van der Waals surface area contributed by atoms with Gasteiger partial charge in [-0.25, -0.2) is 4.57 Å². The van der Waals surface area contributed by atoms with E-state index >= 15 is 0 Å². The van der Waals surface area contributed by atoms with E-state index in [1.807, 2.05) is 21.1 Å². The number of Topliss-reactive ketones (excluding diaryl/α,β-unsaturated/α-hetero) is 1. The second-order valence-electron chi connectivity index (χ2n) is 13.0. The van der Waals surface area contributed by atoms with E-state index in [9.17, 15) is 24.2 Å². The van der Waals surface area contributed by atoms with Gasteiger partial charge in [-0.05, 0) is 51.4 Å². The molecule has 0 saturated carbocycles. The number of phosphoric acid groups is 1. The lowest BCUT2D eigenvalue weighted by Gasteiger charge is -2.27. The molecule has 0 aliphatic carbocycles. The monoisotopic (exact) mass is 672 g/mol. The number of esters is 1. The smallest absolute Gasteiger partial charge is 0.457 e. The van der Waals surface area contributed by atoms with Crippen LogP contribution in [0, 0.1) is 0 Å². The summed E-state index contributed by atoms with van der Waals surface area (Å²) in [6.45, 7) is 4.01. The Kier molecular flexibility index (Phi) is 27.4. The lowest BCUT2D eigenvalue weighted by Crippen LogP contribution is -2.42. The second kappa shape index (κ2) is 28.4. The number of carbonyl (C=O) groups excluding carboxylic acids is 2. The summed E-state index contributed by atoms with van der Waals surface area (Å²) in [6, 6.07) is 0. The van der Waals surface area contributed by atoms with E-state index in [1.54, 1.807) is 0 Å². The Hall–Kier alpha value is -1.61. The molecule has 0 aliphatic rings. The summed E-state index contributed by atoms with van der Waals surface area (Å²) in [7, 11) is 1.06. The quantitative estimate of drug-likeness (QED) is 0.0248. The van der Waals surface area contributed by atoms with Crippen LogP contribution in [0.3, 0.4) is 0 Å². The van der Waals surface area contributed by atoms with Crippen molar-refractivity contribution in [2.75, 3.05) is 40.9 Å². The molecule has 9 nitrogen and oxygen atoms in total. The number of allylic oxidation sites excluding steroid dienone is 6.